The number of allylic oxidation sites excluding steroid dienone is 1. The van der Waals surface area contributed by atoms with Crippen LogP contribution in [0.25, 0.3) is 11.3 Å². The number of carbonyl (C=O) groups excluding carboxylic acids is 1. The molecular formula is C25H33N6O3S+. The Kier molecular flexibility index (Phi) is 9.02. The Balaban J connectivity index is 1.71. The molecule has 2 unspecified atom stereocenters. The number of hydroxylamine groups is 1. The summed E-state index contributed by atoms with van der Waals surface area (Å²) in [6.07, 6.45) is 9.24. The molecule has 3 rings (SSSR count). The molecule has 1 aliphatic carbocycles. The molecule has 0 radical (unpaired) electrons. The minimum absolute atomic E-state index is 0.00715. The number of carbonyl (C=O) groups is 1. The highest BCUT2D eigenvalue weighted by Gasteiger charge is 2.44. The smallest absolute Gasteiger partial charge is 0.251 e. The van der Waals surface area contributed by atoms with E-state index in [2.05, 4.69) is 45.1 Å². The van der Waals surface area contributed by atoms with Crippen molar-refractivity contribution in [2.24, 2.45) is 4.99 Å². The molecular weight excluding hydrogens is 464 g/mol. The molecule has 9 nitrogen and oxygen atoms in total. The summed E-state index contributed by atoms with van der Waals surface area (Å²) >= 11 is 4.24. The fourth-order valence-electron chi connectivity index (χ4n) is 3.42. The van der Waals surface area contributed by atoms with E-state index in [1.165, 1.54) is 0 Å². The molecule has 1 aromatic carbocycles. The second-order valence-corrected chi connectivity index (χ2v) is 8.77. The van der Waals surface area contributed by atoms with Crippen molar-refractivity contribution < 1.29 is 18.9 Å². The predicted molar refractivity (Wildman–Crippen MR) is 139 cm³/mol. The SMILES string of the molecule is C=C(/N=C(\C=C/C)C(CC)NC(=O)c1ccc(-c2cncc(OCC)n2)cc1)N[N+](O)(S)C1CC1. The lowest BCUT2D eigenvalue weighted by molar-refractivity contribution is -1.03. The lowest BCUT2D eigenvalue weighted by atomic mass is 10.1. The molecule has 0 bridgehead atoms. The summed E-state index contributed by atoms with van der Waals surface area (Å²) in [4.78, 5) is 26.1. The highest BCUT2D eigenvalue weighted by atomic mass is 32.1. The van der Waals surface area contributed by atoms with E-state index >= 15 is 0 Å². The number of nitrogens with zero attached hydrogens (tertiary/aromatic N) is 4. The molecule has 1 fully saturated rings. The van der Waals surface area contributed by atoms with Crippen LogP contribution < -0.4 is 15.5 Å². The molecule has 0 saturated heterocycles. The number of ether oxygens (including phenoxy) is 1. The number of hydrogen-bond donors (Lipinski definition) is 4. The fourth-order valence-corrected chi connectivity index (χ4v) is 3.77. The lowest BCUT2D eigenvalue weighted by Crippen LogP contribution is -2.48. The molecule has 1 saturated carbocycles. The van der Waals surface area contributed by atoms with Gasteiger partial charge in [0.2, 0.25) is 5.88 Å². The summed E-state index contributed by atoms with van der Waals surface area (Å²) in [7, 11) is 0. The first-order valence-corrected chi connectivity index (χ1v) is 12.1. The molecule has 10 heteroatoms. The van der Waals surface area contributed by atoms with E-state index in [0.717, 1.165) is 18.4 Å². The number of amides is 1. The molecule has 3 N–H and O–H groups in total. The van der Waals surface area contributed by atoms with Crippen LogP contribution in [0.15, 0.2) is 66.2 Å². The summed E-state index contributed by atoms with van der Waals surface area (Å²) < 4.78 is 4.76. The molecule has 1 aliphatic rings. The summed E-state index contributed by atoms with van der Waals surface area (Å²) in [5, 5.41) is 13.4. The van der Waals surface area contributed by atoms with Gasteiger partial charge < -0.3 is 10.1 Å². The second kappa shape index (κ2) is 12.0. The highest BCUT2D eigenvalue weighted by molar-refractivity contribution is 7.74. The van der Waals surface area contributed by atoms with Crippen LogP contribution in [0.4, 0.5) is 0 Å². The van der Waals surface area contributed by atoms with Gasteiger partial charge in [0.15, 0.2) is 11.9 Å². The van der Waals surface area contributed by atoms with E-state index < -0.39 is 4.16 Å². The topological polar surface area (TPSA) is 109 Å². The molecule has 0 aliphatic heterocycles. The number of aromatic nitrogens is 2. The van der Waals surface area contributed by atoms with Gasteiger partial charge in [0.25, 0.3) is 5.91 Å². The summed E-state index contributed by atoms with van der Waals surface area (Å²) in [6, 6.07) is 6.79. The van der Waals surface area contributed by atoms with Crippen LogP contribution >= 0.6 is 12.8 Å². The van der Waals surface area contributed by atoms with E-state index in [1.54, 1.807) is 24.5 Å². The van der Waals surface area contributed by atoms with Gasteiger partial charge in [-0.1, -0.05) is 31.7 Å². The van der Waals surface area contributed by atoms with Crippen LogP contribution in [0.1, 0.15) is 50.4 Å². The van der Waals surface area contributed by atoms with E-state index in [1.807, 2.05) is 45.1 Å². The van der Waals surface area contributed by atoms with E-state index in [-0.39, 0.29) is 23.8 Å². The van der Waals surface area contributed by atoms with Gasteiger partial charge in [0.1, 0.15) is 12.8 Å². The zero-order valence-corrected chi connectivity index (χ0v) is 21.2. The maximum atomic E-state index is 13.0. The van der Waals surface area contributed by atoms with Gasteiger partial charge >= 0.3 is 0 Å². The van der Waals surface area contributed by atoms with Crippen molar-refractivity contribution in [2.45, 2.75) is 52.1 Å². The largest absolute Gasteiger partial charge is 0.477 e. The molecule has 2 aromatic rings. The number of nitrogens with one attached hydrogen (secondary N) is 2. The zero-order chi connectivity index (χ0) is 25.4. The Labute approximate surface area is 211 Å². The first kappa shape index (κ1) is 26.4. The van der Waals surface area contributed by atoms with Crippen molar-refractivity contribution in [3.63, 3.8) is 0 Å². The average molecular weight is 498 g/mol. The first-order valence-electron chi connectivity index (χ1n) is 11.7. The minimum Gasteiger partial charge on any atom is -0.477 e. The first-order chi connectivity index (χ1) is 16.8. The minimum atomic E-state index is -0.654. The van der Waals surface area contributed by atoms with Gasteiger partial charge in [-0.05, 0) is 42.6 Å². The van der Waals surface area contributed by atoms with Crippen molar-refractivity contribution in [1.29, 1.82) is 0 Å². The van der Waals surface area contributed by atoms with Crippen LogP contribution in [0, 0.1) is 0 Å². The zero-order valence-electron chi connectivity index (χ0n) is 20.3. The number of quaternary nitrogens is 1. The monoisotopic (exact) mass is 497 g/mol. The Bertz CT molecular complexity index is 1100. The van der Waals surface area contributed by atoms with E-state index in [9.17, 15) is 10.0 Å². The van der Waals surface area contributed by atoms with Crippen molar-refractivity contribution in [2.75, 3.05) is 6.61 Å². The van der Waals surface area contributed by atoms with Crippen LogP contribution in [0.2, 0.25) is 0 Å². The molecule has 2 atom stereocenters. The maximum absolute atomic E-state index is 13.0. The standard InChI is InChI=1S/C25H32N6O3S/c1-5-8-22(27-17(4)30-31(33,35)20-13-14-20)21(6-2)29-25(32)19-11-9-18(10-12-19)23-15-26-16-24(28-23)34-7-3/h5,8-12,15-16,20-21,30,33,35H,4,6-7,13-14H2,1-3H3/p+1/b8-5-,27-22+. The molecule has 35 heavy (non-hydrogen) atoms. The van der Waals surface area contributed by atoms with Crippen LogP contribution in [0.3, 0.4) is 0 Å². The van der Waals surface area contributed by atoms with Crippen molar-refractivity contribution in [3.8, 4) is 17.1 Å². The Morgan fingerprint density at radius 3 is 2.66 bits per heavy atom. The normalized spacial score (nSPS) is 16.4. The summed E-state index contributed by atoms with van der Waals surface area (Å²) in [5.74, 6) is 0.486. The van der Waals surface area contributed by atoms with E-state index in [0.29, 0.717) is 35.9 Å². The van der Waals surface area contributed by atoms with E-state index in [4.69, 9.17) is 4.74 Å². The number of benzene rings is 1. The van der Waals surface area contributed by atoms with Gasteiger partial charge in [0, 0.05) is 24.0 Å². The molecule has 0 spiro atoms. The highest BCUT2D eigenvalue weighted by Crippen LogP contribution is 2.32. The van der Waals surface area contributed by atoms with Gasteiger partial charge in [0.05, 0.1) is 36.4 Å². The summed E-state index contributed by atoms with van der Waals surface area (Å²) in [6.45, 7) is 10.1. The Morgan fingerprint density at radius 2 is 2.06 bits per heavy atom. The Morgan fingerprint density at radius 1 is 1.34 bits per heavy atom. The number of thiol groups is 1. The van der Waals surface area contributed by atoms with Gasteiger partial charge in [-0.25, -0.2) is 9.98 Å². The number of hydrogen-bond acceptors (Lipinski definition) is 8. The molecule has 1 heterocycles. The molecule has 186 valence electrons. The van der Waals surface area contributed by atoms with Crippen molar-refractivity contribution in [1.82, 2.24) is 20.7 Å². The van der Waals surface area contributed by atoms with Crippen LogP contribution in [0.5, 0.6) is 5.88 Å². The Hall–Kier alpha value is -3.21. The van der Waals surface area contributed by atoms with Gasteiger partial charge in [-0.2, -0.15) is 10.6 Å². The average Bonchev–Trinajstić information content (AvgIpc) is 3.69. The fraction of sp³-hybridized carbons (Fsp3) is 0.360. The number of aliphatic imine (C=N–C) groups is 1. The quantitative estimate of drug-likeness (QED) is 0.151. The van der Waals surface area contributed by atoms with Crippen molar-refractivity contribution >= 4 is 24.4 Å². The lowest BCUT2D eigenvalue weighted by Gasteiger charge is -2.24. The third-order valence-electron chi connectivity index (χ3n) is 5.37. The predicted octanol–water partition coefficient (Wildman–Crippen LogP) is 4.26. The molecule has 1 aromatic heterocycles. The van der Waals surface area contributed by atoms with Crippen LogP contribution in [-0.4, -0.2) is 49.6 Å². The van der Waals surface area contributed by atoms with Crippen molar-refractivity contribution in [3.05, 3.63) is 66.8 Å². The second-order valence-electron chi connectivity index (χ2n) is 8.16. The maximum Gasteiger partial charge on any atom is 0.251 e. The third kappa shape index (κ3) is 7.38. The molecule has 1 amide bonds. The van der Waals surface area contributed by atoms with Gasteiger partial charge in [-0.15, -0.1) is 0 Å². The number of rotatable bonds is 12. The van der Waals surface area contributed by atoms with Crippen LogP contribution in [-0.2, 0) is 0 Å². The van der Waals surface area contributed by atoms with Gasteiger partial charge in [-0.3, -0.25) is 9.78 Å². The third-order valence-corrected chi connectivity index (χ3v) is 5.80. The summed E-state index contributed by atoms with van der Waals surface area (Å²) in [5.41, 5.74) is 5.43.